The Kier molecular flexibility index (Phi) is 4.73. The second-order valence-corrected chi connectivity index (χ2v) is 5.50. The smallest absolute Gasteiger partial charge is 0.333 e. The van der Waals surface area contributed by atoms with Crippen molar-refractivity contribution < 1.29 is 14.3 Å². The Morgan fingerprint density at radius 3 is 2.38 bits per heavy atom. The molecule has 114 valence electrons. The first-order valence-corrected chi connectivity index (χ1v) is 7.14. The molecule has 5 nitrogen and oxygen atoms in total. The molecule has 0 radical (unpaired) electrons. The molecule has 1 aromatic rings. The van der Waals surface area contributed by atoms with E-state index in [9.17, 15) is 4.79 Å². The molecule has 0 saturated heterocycles. The lowest BCUT2D eigenvalue weighted by molar-refractivity contribution is -0.146. The summed E-state index contributed by atoms with van der Waals surface area (Å²) < 4.78 is 11.3. The second-order valence-electron chi connectivity index (χ2n) is 5.50. The van der Waals surface area contributed by atoms with Crippen LogP contribution in [0.1, 0.15) is 32.6 Å². The molecule has 1 saturated carbocycles. The molecule has 0 amide bonds. The topological polar surface area (TPSA) is 87.6 Å². The van der Waals surface area contributed by atoms with Crippen molar-refractivity contribution in [2.75, 3.05) is 11.5 Å². The first-order valence-electron chi connectivity index (χ1n) is 7.14. The summed E-state index contributed by atoms with van der Waals surface area (Å²) in [7, 11) is 0. The number of anilines is 2. The zero-order valence-electron chi connectivity index (χ0n) is 12.3. The molecular formula is C16H22N2O3. The number of hydrogen-bond donors (Lipinski definition) is 2. The van der Waals surface area contributed by atoms with E-state index in [0.717, 1.165) is 25.7 Å². The summed E-state index contributed by atoms with van der Waals surface area (Å²) in [6.45, 7) is 5.24. The van der Waals surface area contributed by atoms with Gasteiger partial charge in [-0.1, -0.05) is 6.58 Å². The van der Waals surface area contributed by atoms with Gasteiger partial charge in [0, 0.05) is 11.3 Å². The van der Waals surface area contributed by atoms with Gasteiger partial charge in [0.2, 0.25) is 0 Å². The molecule has 4 N–H and O–H groups in total. The van der Waals surface area contributed by atoms with E-state index in [1.165, 1.54) is 0 Å². The number of benzene rings is 1. The molecule has 1 aromatic carbocycles. The van der Waals surface area contributed by atoms with Crippen molar-refractivity contribution in [3.05, 3.63) is 30.4 Å². The number of hydrogen-bond acceptors (Lipinski definition) is 5. The Morgan fingerprint density at radius 1 is 1.19 bits per heavy atom. The lowest BCUT2D eigenvalue weighted by Crippen LogP contribution is -2.30. The summed E-state index contributed by atoms with van der Waals surface area (Å²) in [6, 6.07) is 5.25. The van der Waals surface area contributed by atoms with E-state index in [0.29, 0.717) is 22.7 Å². The fourth-order valence-corrected chi connectivity index (χ4v) is 2.37. The normalized spacial score (nSPS) is 21.6. The minimum Gasteiger partial charge on any atom is -0.488 e. The fraction of sp³-hybridized carbons (Fsp3) is 0.438. The standard InChI is InChI=1S/C16H22N2O3/c1-10(2)16(19)21-13-6-4-12(5-7-13)20-15-8-3-11(17)9-14(15)18/h3,8-9,12-13H,1,4-7,17-18H2,2H3. The predicted molar refractivity (Wildman–Crippen MR) is 82.8 cm³/mol. The molecule has 0 atom stereocenters. The molecule has 0 heterocycles. The van der Waals surface area contributed by atoms with E-state index in [-0.39, 0.29) is 18.2 Å². The van der Waals surface area contributed by atoms with Gasteiger partial charge in [0.25, 0.3) is 0 Å². The summed E-state index contributed by atoms with van der Waals surface area (Å²) in [5.74, 6) is 0.341. The first kappa shape index (κ1) is 15.2. The average molecular weight is 290 g/mol. The van der Waals surface area contributed by atoms with Crippen molar-refractivity contribution in [2.24, 2.45) is 0 Å². The average Bonchev–Trinajstić information content (AvgIpc) is 2.43. The highest BCUT2D eigenvalue weighted by atomic mass is 16.5. The number of carbonyl (C=O) groups is 1. The van der Waals surface area contributed by atoms with Crippen LogP contribution in [0.15, 0.2) is 30.4 Å². The van der Waals surface area contributed by atoms with Crippen molar-refractivity contribution in [3.63, 3.8) is 0 Å². The van der Waals surface area contributed by atoms with Gasteiger partial charge in [-0.15, -0.1) is 0 Å². The molecule has 5 heteroatoms. The van der Waals surface area contributed by atoms with Gasteiger partial charge in [0.05, 0.1) is 11.8 Å². The van der Waals surface area contributed by atoms with Crippen LogP contribution in [0, 0.1) is 0 Å². The van der Waals surface area contributed by atoms with Crippen molar-refractivity contribution in [1.29, 1.82) is 0 Å². The SMILES string of the molecule is C=C(C)C(=O)OC1CCC(Oc2ccc(N)cc2N)CC1. The lowest BCUT2D eigenvalue weighted by Gasteiger charge is -2.29. The number of rotatable bonds is 4. The van der Waals surface area contributed by atoms with Gasteiger partial charge in [0.1, 0.15) is 11.9 Å². The van der Waals surface area contributed by atoms with Crippen molar-refractivity contribution in [3.8, 4) is 5.75 Å². The third-order valence-electron chi connectivity index (χ3n) is 3.57. The minimum absolute atomic E-state index is 0.0437. The van der Waals surface area contributed by atoms with E-state index in [1.807, 2.05) is 0 Å². The van der Waals surface area contributed by atoms with Gasteiger partial charge < -0.3 is 20.9 Å². The van der Waals surface area contributed by atoms with Crippen molar-refractivity contribution in [1.82, 2.24) is 0 Å². The van der Waals surface area contributed by atoms with Crippen molar-refractivity contribution in [2.45, 2.75) is 44.8 Å². The zero-order chi connectivity index (χ0) is 15.4. The number of nitrogen functional groups attached to an aromatic ring is 2. The first-order chi connectivity index (χ1) is 9.95. The van der Waals surface area contributed by atoms with Crippen LogP contribution >= 0.6 is 0 Å². The highest BCUT2D eigenvalue weighted by Crippen LogP contribution is 2.30. The van der Waals surface area contributed by atoms with Crippen LogP contribution < -0.4 is 16.2 Å². The van der Waals surface area contributed by atoms with Gasteiger partial charge in [0.15, 0.2) is 0 Å². The van der Waals surface area contributed by atoms with E-state index in [4.69, 9.17) is 20.9 Å². The maximum Gasteiger partial charge on any atom is 0.333 e. The molecule has 1 aliphatic carbocycles. The third kappa shape index (κ3) is 4.15. The monoisotopic (exact) mass is 290 g/mol. The Morgan fingerprint density at radius 2 is 1.81 bits per heavy atom. The maximum absolute atomic E-state index is 11.5. The van der Waals surface area contributed by atoms with Gasteiger partial charge >= 0.3 is 5.97 Å². The number of carbonyl (C=O) groups excluding carboxylic acids is 1. The molecule has 0 aromatic heterocycles. The summed E-state index contributed by atoms with van der Waals surface area (Å²) in [4.78, 5) is 11.5. The highest BCUT2D eigenvalue weighted by Gasteiger charge is 2.25. The van der Waals surface area contributed by atoms with Crippen LogP contribution in [0.2, 0.25) is 0 Å². The second kappa shape index (κ2) is 6.52. The Hall–Kier alpha value is -2.17. The van der Waals surface area contributed by atoms with Gasteiger partial charge in [-0.2, -0.15) is 0 Å². The molecule has 1 aliphatic rings. The summed E-state index contributed by atoms with van der Waals surface area (Å²) in [5.41, 5.74) is 13.1. The van der Waals surface area contributed by atoms with Crippen LogP contribution in [-0.4, -0.2) is 18.2 Å². The summed E-state index contributed by atoms with van der Waals surface area (Å²) >= 11 is 0. The number of nitrogens with two attached hydrogens (primary N) is 2. The van der Waals surface area contributed by atoms with Crippen LogP contribution in [0.3, 0.4) is 0 Å². The largest absolute Gasteiger partial charge is 0.488 e. The Labute approximate surface area is 124 Å². The Bertz CT molecular complexity index is 534. The molecule has 21 heavy (non-hydrogen) atoms. The number of esters is 1. The lowest BCUT2D eigenvalue weighted by atomic mass is 9.95. The molecule has 2 rings (SSSR count). The van der Waals surface area contributed by atoms with Crippen LogP contribution in [0.5, 0.6) is 5.75 Å². The zero-order valence-corrected chi connectivity index (χ0v) is 12.3. The van der Waals surface area contributed by atoms with E-state index >= 15 is 0 Å². The van der Waals surface area contributed by atoms with Gasteiger partial charge in [-0.3, -0.25) is 0 Å². The summed E-state index contributed by atoms with van der Waals surface area (Å²) in [6.07, 6.45) is 3.29. The number of ether oxygens (including phenoxy) is 2. The maximum atomic E-state index is 11.5. The van der Waals surface area contributed by atoms with Crippen LogP contribution in [-0.2, 0) is 9.53 Å². The van der Waals surface area contributed by atoms with E-state index in [2.05, 4.69) is 6.58 Å². The van der Waals surface area contributed by atoms with E-state index in [1.54, 1.807) is 25.1 Å². The van der Waals surface area contributed by atoms with Crippen molar-refractivity contribution >= 4 is 17.3 Å². The molecule has 0 aliphatic heterocycles. The quantitative estimate of drug-likeness (QED) is 0.505. The Balaban J connectivity index is 1.84. The molecule has 0 bridgehead atoms. The highest BCUT2D eigenvalue weighted by molar-refractivity contribution is 5.87. The van der Waals surface area contributed by atoms with Gasteiger partial charge in [-0.05, 0) is 50.8 Å². The predicted octanol–water partition coefficient (Wildman–Crippen LogP) is 2.66. The molecular weight excluding hydrogens is 268 g/mol. The minimum atomic E-state index is -0.317. The summed E-state index contributed by atoms with van der Waals surface area (Å²) in [5, 5.41) is 0. The van der Waals surface area contributed by atoms with Gasteiger partial charge in [-0.25, -0.2) is 4.79 Å². The fourth-order valence-electron chi connectivity index (χ4n) is 2.37. The van der Waals surface area contributed by atoms with E-state index < -0.39 is 0 Å². The molecule has 0 unspecified atom stereocenters. The molecule has 1 fully saturated rings. The molecule has 0 spiro atoms. The third-order valence-corrected chi connectivity index (χ3v) is 3.57. The van der Waals surface area contributed by atoms with Crippen LogP contribution in [0.4, 0.5) is 11.4 Å². The van der Waals surface area contributed by atoms with Crippen LogP contribution in [0.25, 0.3) is 0 Å².